The van der Waals surface area contributed by atoms with Crippen molar-refractivity contribution in [1.29, 1.82) is 0 Å². The van der Waals surface area contributed by atoms with Crippen molar-refractivity contribution in [2.45, 2.75) is 19.9 Å². The summed E-state index contributed by atoms with van der Waals surface area (Å²) < 4.78 is 1.31. The Bertz CT molecular complexity index is 1130. The Morgan fingerprint density at radius 3 is 2.44 bits per heavy atom. The van der Waals surface area contributed by atoms with Gasteiger partial charge < -0.3 is 5.32 Å². The van der Waals surface area contributed by atoms with Gasteiger partial charge in [-0.3, -0.25) is 19.3 Å². The van der Waals surface area contributed by atoms with Gasteiger partial charge in [-0.1, -0.05) is 30.3 Å². The van der Waals surface area contributed by atoms with Crippen LogP contribution in [0.25, 0.3) is 10.8 Å². The molecule has 1 N–H and O–H groups in total. The van der Waals surface area contributed by atoms with Gasteiger partial charge in [0.05, 0.1) is 22.8 Å². The van der Waals surface area contributed by atoms with Gasteiger partial charge in [-0.15, -0.1) is 0 Å². The van der Waals surface area contributed by atoms with E-state index in [1.165, 1.54) is 9.58 Å². The zero-order valence-electron chi connectivity index (χ0n) is 15.0. The van der Waals surface area contributed by atoms with Crippen molar-refractivity contribution in [2.75, 3.05) is 16.8 Å². The maximum Gasteiger partial charge on any atom is 0.279 e. The van der Waals surface area contributed by atoms with E-state index in [4.69, 9.17) is 0 Å². The smallest absolute Gasteiger partial charge is 0.279 e. The number of aromatic nitrogens is 2. The van der Waals surface area contributed by atoms with Crippen molar-refractivity contribution in [3.63, 3.8) is 0 Å². The summed E-state index contributed by atoms with van der Waals surface area (Å²) >= 11 is 0. The third-order valence-corrected chi connectivity index (χ3v) is 4.54. The monoisotopic (exact) mass is 362 g/mol. The van der Waals surface area contributed by atoms with E-state index in [9.17, 15) is 14.4 Å². The average molecular weight is 362 g/mol. The van der Waals surface area contributed by atoms with Gasteiger partial charge in [0.2, 0.25) is 5.91 Å². The van der Waals surface area contributed by atoms with Crippen LogP contribution in [0.5, 0.6) is 0 Å². The van der Waals surface area contributed by atoms with Crippen LogP contribution in [0.1, 0.15) is 30.4 Å². The Kier molecular flexibility index (Phi) is 3.99. The van der Waals surface area contributed by atoms with Gasteiger partial charge in [-0.05, 0) is 32.0 Å². The summed E-state index contributed by atoms with van der Waals surface area (Å²) in [6, 6.07) is 13.8. The fourth-order valence-electron chi connectivity index (χ4n) is 3.26. The standard InChI is InChI=1S/C20H18N4O3/c1-12(2)24-19(26)14-8-4-3-7-13(14)18(22-24)20(27)23-11-17(25)21-15-9-5-6-10-16(15)23/h3-10,12H,11H2,1-2H3,(H,21,25). The number of fused-ring (bicyclic) bond motifs is 2. The molecule has 27 heavy (non-hydrogen) atoms. The van der Waals surface area contributed by atoms with Gasteiger partial charge in [0.1, 0.15) is 6.54 Å². The van der Waals surface area contributed by atoms with Gasteiger partial charge in [0.15, 0.2) is 5.69 Å². The average Bonchev–Trinajstić information content (AvgIpc) is 2.67. The number of nitrogens with zero attached hydrogens (tertiary/aromatic N) is 3. The molecular weight excluding hydrogens is 344 g/mol. The first kappa shape index (κ1) is 17.0. The summed E-state index contributed by atoms with van der Waals surface area (Å²) in [4.78, 5) is 39.5. The molecule has 1 aliphatic heterocycles. The van der Waals surface area contributed by atoms with E-state index in [2.05, 4.69) is 10.4 Å². The fourth-order valence-corrected chi connectivity index (χ4v) is 3.26. The predicted octanol–water partition coefficient (Wildman–Crippen LogP) is 2.58. The van der Waals surface area contributed by atoms with E-state index in [1.807, 2.05) is 13.8 Å². The minimum Gasteiger partial charge on any atom is -0.323 e. The number of amides is 2. The highest BCUT2D eigenvalue weighted by Crippen LogP contribution is 2.30. The Labute approximate surface area is 155 Å². The number of carbonyl (C=O) groups is 2. The summed E-state index contributed by atoms with van der Waals surface area (Å²) in [5.74, 6) is -0.688. The van der Waals surface area contributed by atoms with E-state index < -0.39 is 5.91 Å². The van der Waals surface area contributed by atoms with Crippen LogP contribution in [-0.2, 0) is 4.79 Å². The fraction of sp³-hybridized carbons (Fsp3) is 0.200. The number of anilines is 2. The Morgan fingerprint density at radius 2 is 1.70 bits per heavy atom. The van der Waals surface area contributed by atoms with E-state index in [-0.39, 0.29) is 29.7 Å². The molecule has 2 aromatic carbocycles. The van der Waals surface area contributed by atoms with Gasteiger partial charge >= 0.3 is 0 Å². The Morgan fingerprint density at radius 1 is 1.04 bits per heavy atom. The van der Waals surface area contributed by atoms with Crippen LogP contribution in [0.15, 0.2) is 53.3 Å². The lowest BCUT2D eigenvalue weighted by Gasteiger charge is -2.29. The van der Waals surface area contributed by atoms with Crippen LogP contribution < -0.4 is 15.8 Å². The van der Waals surface area contributed by atoms with E-state index >= 15 is 0 Å². The van der Waals surface area contributed by atoms with Crippen molar-refractivity contribution in [2.24, 2.45) is 0 Å². The molecule has 2 amide bonds. The molecule has 0 unspecified atom stereocenters. The summed E-state index contributed by atoms with van der Waals surface area (Å²) in [6.45, 7) is 3.56. The quantitative estimate of drug-likeness (QED) is 0.759. The van der Waals surface area contributed by atoms with Crippen molar-refractivity contribution in [1.82, 2.24) is 9.78 Å². The van der Waals surface area contributed by atoms with Crippen molar-refractivity contribution >= 4 is 34.0 Å². The maximum absolute atomic E-state index is 13.4. The lowest BCUT2D eigenvalue weighted by atomic mass is 10.1. The maximum atomic E-state index is 13.4. The van der Waals surface area contributed by atoms with Crippen molar-refractivity contribution in [3.8, 4) is 0 Å². The number of carbonyl (C=O) groups excluding carboxylic acids is 2. The highest BCUT2D eigenvalue weighted by molar-refractivity contribution is 6.18. The van der Waals surface area contributed by atoms with Crippen molar-refractivity contribution in [3.05, 3.63) is 64.6 Å². The summed E-state index contributed by atoms with van der Waals surface area (Å²) in [6.07, 6.45) is 0. The molecule has 4 rings (SSSR count). The van der Waals surface area contributed by atoms with Crippen LogP contribution in [0.2, 0.25) is 0 Å². The molecule has 0 atom stereocenters. The molecule has 1 aromatic heterocycles. The van der Waals surface area contributed by atoms with Crippen LogP contribution in [-0.4, -0.2) is 28.1 Å². The van der Waals surface area contributed by atoms with Gasteiger partial charge in [0.25, 0.3) is 11.5 Å². The number of rotatable bonds is 2. The molecule has 0 radical (unpaired) electrons. The van der Waals surface area contributed by atoms with E-state index in [1.54, 1.807) is 48.5 Å². The van der Waals surface area contributed by atoms with Crippen LogP contribution >= 0.6 is 0 Å². The molecule has 136 valence electrons. The SMILES string of the molecule is CC(C)n1nc(C(=O)N2CC(=O)Nc3ccccc32)c2ccccc2c1=O. The first-order valence-electron chi connectivity index (χ1n) is 8.69. The molecule has 3 aromatic rings. The molecule has 0 fully saturated rings. The zero-order valence-corrected chi connectivity index (χ0v) is 15.0. The summed E-state index contributed by atoms with van der Waals surface area (Å²) in [5, 5.41) is 8.03. The molecular formula is C20H18N4O3. The number of nitrogens with one attached hydrogen (secondary N) is 1. The highest BCUT2D eigenvalue weighted by atomic mass is 16.2. The Balaban J connectivity index is 1.93. The molecule has 0 saturated heterocycles. The van der Waals surface area contributed by atoms with Crippen molar-refractivity contribution < 1.29 is 9.59 Å². The molecule has 1 aliphatic rings. The second kappa shape index (κ2) is 6.35. The van der Waals surface area contributed by atoms with E-state index in [0.29, 0.717) is 22.1 Å². The van der Waals surface area contributed by atoms with Gasteiger partial charge in [-0.2, -0.15) is 5.10 Å². The summed E-state index contributed by atoms with van der Waals surface area (Å²) in [5.41, 5.74) is 1.09. The van der Waals surface area contributed by atoms with Gasteiger partial charge in [-0.25, -0.2) is 4.68 Å². The minimum atomic E-state index is -0.414. The van der Waals surface area contributed by atoms with Crippen LogP contribution in [0, 0.1) is 0 Å². The molecule has 7 heteroatoms. The lowest BCUT2D eigenvalue weighted by Crippen LogP contribution is -2.43. The first-order valence-corrected chi connectivity index (χ1v) is 8.69. The Hall–Kier alpha value is -3.48. The molecule has 7 nitrogen and oxygen atoms in total. The number of hydrogen-bond donors (Lipinski definition) is 1. The molecule has 0 spiro atoms. The first-order chi connectivity index (χ1) is 13.0. The van der Waals surface area contributed by atoms with Crippen LogP contribution in [0.4, 0.5) is 11.4 Å². The minimum absolute atomic E-state index is 0.105. The molecule has 0 bridgehead atoms. The zero-order chi connectivity index (χ0) is 19.1. The number of benzene rings is 2. The third-order valence-electron chi connectivity index (χ3n) is 4.54. The van der Waals surface area contributed by atoms with E-state index in [0.717, 1.165) is 0 Å². The molecule has 0 saturated carbocycles. The van der Waals surface area contributed by atoms with Gasteiger partial charge in [0, 0.05) is 5.39 Å². The molecule has 0 aliphatic carbocycles. The normalized spacial score (nSPS) is 13.6. The lowest BCUT2D eigenvalue weighted by molar-refractivity contribution is -0.115. The molecule has 2 heterocycles. The number of para-hydroxylation sites is 2. The predicted molar refractivity (Wildman–Crippen MR) is 103 cm³/mol. The second-order valence-electron chi connectivity index (χ2n) is 6.69. The summed E-state index contributed by atoms with van der Waals surface area (Å²) in [7, 11) is 0. The largest absolute Gasteiger partial charge is 0.323 e. The van der Waals surface area contributed by atoms with Crippen LogP contribution in [0.3, 0.4) is 0 Å². The second-order valence-corrected chi connectivity index (χ2v) is 6.69. The third kappa shape index (κ3) is 2.77. The topological polar surface area (TPSA) is 84.3 Å². The number of hydrogen-bond acceptors (Lipinski definition) is 4. The highest BCUT2D eigenvalue weighted by Gasteiger charge is 2.30.